The Hall–Kier alpha value is -3.11. The monoisotopic (exact) mass is 455 g/mol. The van der Waals surface area contributed by atoms with Crippen LogP contribution in [0.15, 0.2) is 41.9 Å². The summed E-state index contributed by atoms with van der Waals surface area (Å²) in [6.45, 7) is 2.41. The standard InChI is InChI=1S/C21H18FN5O2S2/c1-12-15-11-17(31-20(15)27(25-12)14-6-4-13(22)5-7-14)19(29)26-9-2-3-16(26)18(28)24-21-23-8-10-30-21/h4-8,10-11,16H,2-3,9H2,1H3,(H,23,24,28). The number of benzene rings is 1. The molecule has 4 aromatic rings. The van der Waals surface area contributed by atoms with Gasteiger partial charge in [-0.05, 0) is 50.1 Å². The minimum Gasteiger partial charge on any atom is -0.326 e. The van der Waals surface area contributed by atoms with E-state index in [0.29, 0.717) is 23.0 Å². The number of nitrogens with one attached hydrogen (secondary N) is 1. The van der Waals surface area contributed by atoms with Gasteiger partial charge in [-0.3, -0.25) is 9.59 Å². The van der Waals surface area contributed by atoms with Gasteiger partial charge in [0.05, 0.1) is 16.3 Å². The van der Waals surface area contributed by atoms with Crippen molar-refractivity contribution in [1.82, 2.24) is 19.7 Å². The third-order valence-corrected chi connectivity index (χ3v) is 7.09. The summed E-state index contributed by atoms with van der Waals surface area (Å²) >= 11 is 2.68. The van der Waals surface area contributed by atoms with Crippen LogP contribution in [0.2, 0.25) is 0 Å². The molecular weight excluding hydrogens is 437 g/mol. The van der Waals surface area contributed by atoms with E-state index in [1.165, 1.54) is 34.8 Å². The predicted molar refractivity (Wildman–Crippen MR) is 118 cm³/mol. The second-order valence-electron chi connectivity index (χ2n) is 7.29. The average Bonchev–Trinajstić information content (AvgIpc) is 3.54. The van der Waals surface area contributed by atoms with E-state index in [-0.39, 0.29) is 17.6 Å². The lowest BCUT2D eigenvalue weighted by molar-refractivity contribution is -0.119. The summed E-state index contributed by atoms with van der Waals surface area (Å²) in [4.78, 5) is 33.1. The summed E-state index contributed by atoms with van der Waals surface area (Å²) in [6.07, 6.45) is 3.02. The van der Waals surface area contributed by atoms with Crippen molar-refractivity contribution in [3.05, 3.63) is 58.3 Å². The molecule has 1 aliphatic rings. The van der Waals surface area contributed by atoms with E-state index < -0.39 is 6.04 Å². The molecule has 0 aliphatic carbocycles. The summed E-state index contributed by atoms with van der Waals surface area (Å²) in [5, 5.41) is 10.5. The van der Waals surface area contributed by atoms with Crippen molar-refractivity contribution >= 4 is 49.8 Å². The van der Waals surface area contributed by atoms with E-state index in [4.69, 9.17) is 0 Å². The number of rotatable bonds is 4. The van der Waals surface area contributed by atoms with E-state index in [2.05, 4.69) is 15.4 Å². The number of halogens is 1. The molecule has 0 bridgehead atoms. The maximum Gasteiger partial charge on any atom is 0.264 e. The molecule has 4 heterocycles. The number of amides is 2. The van der Waals surface area contributed by atoms with Gasteiger partial charge >= 0.3 is 0 Å². The summed E-state index contributed by atoms with van der Waals surface area (Å²) in [7, 11) is 0. The molecule has 1 fully saturated rings. The molecule has 158 valence electrons. The van der Waals surface area contributed by atoms with Crippen LogP contribution >= 0.6 is 22.7 Å². The highest BCUT2D eigenvalue weighted by atomic mass is 32.1. The van der Waals surface area contributed by atoms with Crippen molar-refractivity contribution in [2.75, 3.05) is 11.9 Å². The van der Waals surface area contributed by atoms with Crippen molar-refractivity contribution in [3.63, 3.8) is 0 Å². The largest absolute Gasteiger partial charge is 0.326 e. The number of hydrogen-bond acceptors (Lipinski definition) is 6. The SMILES string of the molecule is Cc1nn(-c2ccc(F)cc2)c2sc(C(=O)N3CCCC3C(=O)Nc3nccs3)cc12. The van der Waals surface area contributed by atoms with E-state index >= 15 is 0 Å². The first kappa shape index (κ1) is 19.8. The van der Waals surface area contributed by atoms with Gasteiger partial charge in [-0.25, -0.2) is 14.1 Å². The number of carbonyl (C=O) groups is 2. The van der Waals surface area contributed by atoms with Crippen molar-refractivity contribution in [2.45, 2.75) is 25.8 Å². The Morgan fingerprint density at radius 1 is 1.26 bits per heavy atom. The van der Waals surface area contributed by atoms with E-state index in [9.17, 15) is 14.0 Å². The van der Waals surface area contributed by atoms with Crippen LogP contribution in [0.1, 0.15) is 28.2 Å². The third-order valence-electron chi connectivity index (χ3n) is 5.31. The quantitative estimate of drug-likeness (QED) is 0.499. The van der Waals surface area contributed by atoms with E-state index in [0.717, 1.165) is 28.0 Å². The molecule has 0 saturated carbocycles. The lowest BCUT2D eigenvalue weighted by Gasteiger charge is -2.22. The van der Waals surface area contributed by atoms with Crippen LogP contribution in [-0.4, -0.2) is 44.1 Å². The first-order valence-corrected chi connectivity index (χ1v) is 11.5. The molecule has 2 amide bonds. The molecule has 1 N–H and O–H groups in total. The minimum absolute atomic E-state index is 0.164. The number of thiophene rings is 1. The Morgan fingerprint density at radius 2 is 2.06 bits per heavy atom. The van der Waals surface area contributed by atoms with Gasteiger partial charge < -0.3 is 10.2 Å². The smallest absolute Gasteiger partial charge is 0.264 e. The van der Waals surface area contributed by atoms with Crippen LogP contribution in [0.25, 0.3) is 15.9 Å². The zero-order valence-electron chi connectivity index (χ0n) is 16.5. The number of aryl methyl sites for hydroxylation is 1. The predicted octanol–water partition coefficient (Wildman–Crippen LogP) is 4.23. The van der Waals surface area contributed by atoms with Gasteiger partial charge in [0.25, 0.3) is 5.91 Å². The number of aromatic nitrogens is 3. The Bertz CT molecular complexity index is 1260. The van der Waals surface area contributed by atoms with Gasteiger partial charge in [-0.2, -0.15) is 5.10 Å². The number of hydrogen-bond donors (Lipinski definition) is 1. The molecular formula is C21H18FN5O2S2. The van der Waals surface area contributed by atoms with Crippen LogP contribution in [-0.2, 0) is 4.79 Å². The Kier molecular flexibility index (Phi) is 5.03. The second kappa shape index (κ2) is 7.86. The number of thiazole rings is 1. The van der Waals surface area contributed by atoms with Gasteiger partial charge in [0, 0.05) is 23.5 Å². The maximum atomic E-state index is 13.3. The molecule has 5 rings (SSSR count). The van der Waals surface area contributed by atoms with E-state index in [1.54, 1.807) is 33.3 Å². The zero-order valence-corrected chi connectivity index (χ0v) is 18.2. The number of nitrogens with zero attached hydrogens (tertiary/aromatic N) is 4. The highest BCUT2D eigenvalue weighted by Crippen LogP contribution is 2.32. The normalized spacial score (nSPS) is 16.2. The van der Waals surface area contributed by atoms with Crippen LogP contribution < -0.4 is 5.32 Å². The van der Waals surface area contributed by atoms with Crippen LogP contribution in [0, 0.1) is 12.7 Å². The molecule has 0 radical (unpaired) electrons. The maximum absolute atomic E-state index is 13.3. The molecule has 1 saturated heterocycles. The molecule has 1 atom stereocenters. The lowest BCUT2D eigenvalue weighted by atomic mass is 10.2. The topological polar surface area (TPSA) is 80.1 Å². The molecule has 1 unspecified atom stereocenters. The number of anilines is 1. The molecule has 1 aliphatic heterocycles. The highest BCUT2D eigenvalue weighted by molar-refractivity contribution is 7.20. The van der Waals surface area contributed by atoms with E-state index in [1.807, 2.05) is 13.0 Å². The Morgan fingerprint density at radius 3 is 2.81 bits per heavy atom. The van der Waals surface area contributed by atoms with Crippen LogP contribution in [0.5, 0.6) is 0 Å². The first-order valence-electron chi connectivity index (χ1n) is 9.77. The third kappa shape index (κ3) is 3.61. The fourth-order valence-corrected chi connectivity index (χ4v) is 5.48. The number of likely N-dealkylation sites (tertiary alicyclic amines) is 1. The van der Waals surface area contributed by atoms with Crippen LogP contribution in [0.4, 0.5) is 9.52 Å². The second-order valence-corrected chi connectivity index (χ2v) is 9.21. The van der Waals surface area contributed by atoms with Crippen molar-refractivity contribution in [2.24, 2.45) is 0 Å². The zero-order chi connectivity index (χ0) is 21.5. The van der Waals surface area contributed by atoms with Crippen LogP contribution in [0.3, 0.4) is 0 Å². The van der Waals surface area contributed by atoms with Gasteiger partial charge in [0.1, 0.15) is 16.7 Å². The van der Waals surface area contributed by atoms with Crippen molar-refractivity contribution in [1.29, 1.82) is 0 Å². The number of fused-ring (bicyclic) bond motifs is 1. The molecule has 31 heavy (non-hydrogen) atoms. The summed E-state index contributed by atoms with van der Waals surface area (Å²) in [5.41, 5.74) is 1.51. The molecule has 1 aromatic carbocycles. The Labute approximate surface area is 185 Å². The fraction of sp³-hybridized carbons (Fsp3) is 0.238. The molecule has 7 nitrogen and oxygen atoms in total. The average molecular weight is 456 g/mol. The molecule has 10 heteroatoms. The summed E-state index contributed by atoms with van der Waals surface area (Å²) in [6, 6.07) is 7.39. The lowest BCUT2D eigenvalue weighted by Crippen LogP contribution is -2.42. The van der Waals surface area contributed by atoms with Crippen molar-refractivity contribution in [3.8, 4) is 5.69 Å². The van der Waals surface area contributed by atoms with Gasteiger partial charge in [0.15, 0.2) is 5.13 Å². The summed E-state index contributed by atoms with van der Waals surface area (Å²) < 4.78 is 15.0. The van der Waals surface area contributed by atoms with Crippen molar-refractivity contribution < 1.29 is 14.0 Å². The summed E-state index contributed by atoms with van der Waals surface area (Å²) in [5.74, 6) is -0.694. The molecule has 3 aromatic heterocycles. The highest BCUT2D eigenvalue weighted by Gasteiger charge is 2.35. The van der Waals surface area contributed by atoms with Gasteiger partial charge in [0.2, 0.25) is 5.91 Å². The molecule has 0 spiro atoms. The van der Waals surface area contributed by atoms with Gasteiger partial charge in [-0.1, -0.05) is 0 Å². The van der Waals surface area contributed by atoms with Gasteiger partial charge in [-0.15, -0.1) is 22.7 Å². The number of carbonyl (C=O) groups excluding carboxylic acids is 2. The minimum atomic E-state index is -0.517. The fourth-order valence-electron chi connectivity index (χ4n) is 3.81. The first-order chi connectivity index (χ1) is 15.0. The Balaban J connectivity index is 1.43.